The number of carbonyl (C=O) groups is 2. The molecule has 0 fully saturated rings. The van der Waals surface area contributed by atoms with Gasteiger partial charge >= 0.3 is 24.3 Å². The Morgan fingerprint density at radius 2 is 1.05 bits per heavy atom. The Morgan fingerprint density at radius 3 is 1.20 bits per heavy atom. The second-order valence-corrected chi connectivity index (χ2v) is 2.85. The van der Waals surface area contributed by atoms with Crippen molar-refractivity contribution >= 4 is 11.9 Å². The zero-order valence-corrected chi connectivity index (χ0v) is 9.88. The van der Waals surface area contributed by atoms with E-state index in [1.807, 2.05) is 0 Å². The highest BCUT2D eigenvalue weighted by Gasteiger charge is 2.29. The van der Waals surface area contributed by atoms with Crippen LogP contribution in [0.2, 0.25) is 0 Å². The van der Waals surface area contributed by atoms with Crippen molar-refractivity contribution in [1.82, 2.24) is 0 Å². The van der Waals surface area contributed by atoms with Crippen LogP contribution in [0.1, 0.15) is 0 Å². The number of hydrogen-bond acceptors (Lipinski definition) is 4. The summed E-state index contributed by atoms with van der Waals surface area (Å²) in [5, 5.41) is 0. The van der Waals surface area contributed by atoms with E-state index in [1.165, 1.54) is 0 Å². The molecule has 0 aliphatic carbocycles. The summed E-state index contributed by atoms with van der Waals surface area (Å²) in [6, 6.07) is 0. The Hall–Kier alpha value is -2.00. The highest BCUT2D eigenvalue weighted by atomic mass is 19.4. The quantitative estimate of drug-likeness (QED) is 0.455. The molecule has 0 bridgehead atoms. The number of esters is 2. The maximum absolute atomic E-state index is 11.2. The first-order chi connectivity index (χ1) is 8.91. The maximum atomic E-state index is 11.2. The molecule has 0 heterocycles. The van der Waals surface area contributed by atoms with Crippen LogP contribution in [-0.2, 0) is 19.1 Å². The minimum atomic E-state index is -4.46. The van der Waals surface area contributed by atoms with Gasteiger partial charge in [-0.3, -0.25) is 0 Å². The normalized spacial score (nSPS) is 10.7. The molecule has 0 saturated carbocycles. The molecule has 0 amide bonds. The summed E-state index contributed by atoms with van der Waals surface area (Å²) < 4.78 is 74.8. The zero-order valence-electron chi connectivity index (χ0n) is 9.88. The van der Waals surface area contributed by atoms with E-state index >= 15 is 0 Å². The number of alkyl halides is 6. The van der Waals surface area contributed by atoms with Gasteiger partial charge in [0.05, 0.1) is 0 Å². The molecule has 0 N–H and O–H groups in total. The molecule has 0 unspecified atom stereocenters. The summed E-state index contributed by atoms with van der Waals surface area (Å²) in [4.78, 5) is 20.0. The van der Waals surface area contributed by atoms with Gasteiger partial charge in [0.25, 0.3) is 0 Å². The molecule has 0 saturated heterocycles. The fraction of sp³-hybridized carbons (Fsp3) is 0.400. The van der Waals surface area contributed by atoms with E-state index in [-0.39, 0.29) is 0 Å². The molecule has 0 radical (unpaired) electrons. The molecule has 4 nitrogen and oxygen atoms in total. The lowest BCUT2D eigenvalue weighted by molar-refractivity contribution is -0.182. The fourth-order valence-electron chi connectivity index (χ4n) is 0.424. The topological polar surface area (TPSA) is 52.6 Å². The molecular formula is C10H10F6O4. The predicted molar refractivity (Wildman–Crippen MR) is 54.4 cm³/mol. The summed E-state index contributed by atoms with van der Waals surface area (Å²) >= 11 is 0. The Bertz CT molecular complexity index is 311. The molecule has 0 aromatic rings. The van der Waals surface area contributed by atoms with Gasteiger partial charge in [-0.25, -0.2) is 9.59 Å². The third kappa shape index (κ3) is 18.4. The van der Waals surface area contributed by atoms with Crippen molar-refractivity contribution in [3.63, 3.8) is 0 Å². The molecule has 20 heavy (non-hydrogen) atoms. The van der Waals surface area contributed by atoms with E-state index in [0.717, 1.165) is 0 Å². The van der Waals surface area contributed by atoms with E-state index in [2.05, 4.69) is 22.6 Å². The Morgan fingerprint density at radius 1 is 0.800 bits per heavy atom. The van der Waals surface area contributed by atoms with Gasteiger partial charge in [-0.05, 0) is 0 Å². The highest BCUT2D eigenvalue weighted by molar-refractivity contribution is 5.81. The number of rotatable bonds is 4. The molecule has 0 aliphatic rings. The second-order valence-electron chi connectivity index (χ2n) is 2.85. The third-order valence-electron chi connectivity index (χ3n) is 1.09. The Balaban J connectivity index is 0. The van der Waals surface area contributed by atoms with Crippen molar-refractivity contribution < 1.29 is 45.4 Å². The lowest BCUT2D eigenvalue weighted by Gasteiger charge is -2.04. The van der Waals surface area contributed by atoms with E-state index in [0.29, 0.717) is 12.2 Å². The summed E-state index contributed by atoms with van der Waals surface area (Å²) in [5.74, 6) is -2.14. The summed E-state index contributed by atoms with van der Waals surface area (Å²) in [7, 11) is 0. The molecule has 0 aromatic heterocycles. The second kappa shape index (κ2) is 8.99. The van der Waals surface area contributed by atoms with Crippen LogP contribution in [0.25, 0.3) is 0 Å². The van der Waals surface area contributed by atoms with Crippen molar-refractivity contribution in [2.24, 2.45) is 0 Å². The summed E-state index contributed by atoms with van der Waals surface area (Å²) in [6.07, 6.45) is -7.57. The van der Waals surface area contributed by atoms with E-state index in [1.54, 1.807) is 0 Å². The lowest BCUT2D eigenvalue weighted by Crippen LogP contribution is -2.19. The van der Waals surface area contributed by atoms with Crippen LogP contribution in [-0.4, -0.2) is 37.5 Å². The molecule has 0 atom stereocenters. The summed E-state index contributed by atoms with van der Waals surface area (Å²) in [5.41, 5.74) is 0. The molecule has 0 spiro atoms. The number of ether oxygens (including phenoxy) is 2. The number of carbonyl (C=O) groups excluding carboxylic acids is 2. The smallest absolute Gasteiger partial charge is 0.422 e. The standard InChI is InChI=1S/2C5H5F3O2/c2*1-2-4(9)10-3-5(6,7)8/h2*2H,1,3H2. The van der Waals surface area contributed by atoms with Crippen molar-refractivity contribution in [3.8, 4) is 0 Å². The van der Waals surface area contributed by atoms with Gasteiger partial charge in [-0.15, -0.1) is 0 Å². The van der Waals surface area contributed by atoms with Crippen molar-refractivity contribution in [2.75, 3.05) is 13.2 Å². The van der Waals surface area contributed by atoms with Gasteiger partial charge in [0.2, 0.25) is 0 Å². The van der Waals surface area contributed by atoms with Crippen LogP contribution in [0.4, 0.5) is 26.3 Å². The van der Waals surface area contributed by atoms with Gasteiger partial charge in [0, 0.05) is 12.2 Å². The molecule has 116 valence electrons. The zero-order chi connectivity index (χ0) is 16.4. The van der Waals surface area contributed by atoms with Crippen LogP contribution in [0, 0.1) is 0 Å². The summed E-state index contributed by atoms with van der Waals surface area (Å²) in [6.45, 7) is 2.72. The van der Waals surface area contributed by atoms with E-state index in [4.69, 9.17) is 0 Å². The van der Waals surface area contributed by atoms with Gasteiger partial charge in [0.15, 0.2) is 13.2 Å². The minimum Gasteiger partial charge on any atom is -0.453 e. The van der Waals surface area contributed by atoms with Crippen LogP contribution in [0.3, 0.4) is 0 Å². The molecule has 0 aromatic carbocycles. The predicted octanol–water partition coefficient (Wildman–Crippen LogP) is 2.56. The van der Waals surface area contributed by atoms with Crippen molar-refractivity contribution in [3.05, 3.63) is 25.3 Å². The van der Waals surface area contributed by atoms with Gasteiger partial charge in [0.1, 0.15) is 0 Å². The monoisotopic (exact) mass is 308 g/mol. The van der Waals surface area contributed by atoms with Crippen LogP contribution < -0.4 is 0 Å². The Kier molecular flexibility index (Phi) is 9.14. The SMILES string of the molecule is C=CC(=O)OCC(F)(F)F.C=CC(=O)OCC(F)(F)F. The number of hydrogen-bond donors (Lipinski definition) is 0. The van der Waals surface area contributed by atoms with E-state index in [9.17, 15) is 35.9 Å². The average Bonchev–Trinajstić information content (AvgIpc) is 2.31. The van der Waals surface area contributed by atoms with Crippen LogP contribution >= 0.6 is 0 Å². The Labute approximate surface area is 109 Å². The van der Waals surface area contributed by atoms with Gasteiger partial charge < -0.3 is 9.47 Å². The maximum Gasteiger partial charge on any atom is 0.422 e. The van der Waals surface area contributed by atoms with Gasteiger partial charge in [-0.1, -0.05) is 13.2 Å². The lowest BCUT2D eigenvalue weighted by atomic mass is 10.6. The minimum absolute atomic E-state index is 0.672. The van der Waals surface area contributed by atoms with Crippen LogP contribution in [0.15, 0.2) is 25.3 Å². The van der Waals surface area contributed by atoms with Crippen LogP contribution in [0.5, 0.6) is 0 Å². The first kappa shape index (κ1) is 20.3. The fourth-order valence-corrected chi connectivity index (χ4v) is 0.424. The third-order valence-corrected chi connectivity index (χ3v) is 1.09. The number of halogens is 6. The molecular weight excluding hydrogens is 298 g/mol. The van der Waals surface area contributed by atoms with Crippen molar-refractivity contribution in [2.45, 2.75) is 12.4 Å². The van der Waals surface area contributed by atoms with E-state index < -0.39 is 37.5 Å². The highest BCUT2D eigenvalue weighted by Crippen LogP contribution is 2.14. The molecule has 0 rings (SSSR count). The average molecular weight is 308 g/mol. The molecule has 10 heteroatoms. The van der Waals surface area contributed by atoms with Gasteiger partial charge in [-0.2, -0.15) is 26.3 Å². The largest absolute Gasteiger partial charge is 0.453 e. The molecule has 0 aliphatic heterocycles. The first-order valence-corrected chi connectivity index (χ1v) is 4.63. The van der Waals surface area contributed by atoms with Crippen molar-refractivity contribution in [1.29, 1.82) is 0 Å². The first-order valence-electron chi connectivity index (χ1n) is 4.63.